The van der Waals surface area contributed by atoms with E-state index in [-0.39, 0.29) is 16.1 Å². The number of benzene rings is 2. The first-order valence-corrected chi connectivity index (χ1v) is 6.60. The Bertz CT molecular complexity index is 726. The van der Waals surface area contributed by atoms with E-state index in [1.165, 1.54) is 37.4 Å². The van der Waals surface area contributed by atoms with Crippen molar-refractivity contribution in [2.24, 2.45) is 0 Å². The number of rotatable bonds is 3. The topological polar surface area (TPSA) is 63.6 Å². The lowest BCUT2D eigenvalue weighted by molar-refractivity contribution is 0.0600. The molecule has 0 aliphatic carbocycles. The van der Waals surface area contributed by atoms with Gasteiger partial charge in [0.25, 0.3) is 0 Å². The Hall–Kier alpha value is -2.04. The van der Waals surface area contributed by atoms with E-state index in [4.69, 9.17) is 23.2 Å². The van der Waals surface area contributed by atoms with Gasteiger partial charge in [-0.2, -0.15) is 0 Å². The number of aromatic carboxylic acids is 1. The Kier molecular flexibility index (Phi) is 4.50. The van der Waals surface area contributed by atoms with Crippen LogP contribution in [0.5, 0.6) is 0 Å². The monoisotopic (exact) mass is 324 g/mol. The molecule has 0 radical (unpaired) electrons. The first-order chi connectivity index (χ1) is 9.93. The molecule has 108 valence electrons. The van der Waals surface area contributed by atoms with Gasteiger partial charge in [-0.25, -0.2) is 9.59 Å². The fraction of sp³-hybridized carbons (Fsp3) is 0.0667. The van der Waals surface area contributed by atoms with Crippen molar-refractivity contribution in [2.75, 3.05) is 7.11 Å². The predicted octanol–water partition coefficient (Wildman–Crippen LogP) is 4.15. The zero-order valence-electron chi connectivity index (χ0n) is 10.9. The number of hydrogen-bond donors (Lipinski definition) is 1. The standard InChI is InChI=1S/C15H10Cl2O4/c1-21-15(20)12-6-8(2-5-13(12)17)11-7-9(16)3-4-10(11)14(18)19/h2-7H,1H3,(H,18,19). The first-order valence-electron chi connectivity index (χ1n) is 5.85. The highest BCUT2D eigenvalue weighted by molar-refractivity contribution is 6.33. The van der Waals surface area contributed by atoms with Crippen LogP contribution in [0.2, 0.25) is 10.0 Å². The minimum atomic E-state index is -1.09. The number of esters is 1. The van der Waals surface area contributed by atoms with Gasteiger partial charge in [-0.1, -0.05) is 29.3 Å². The Morgan fingerprint density at radius 1 is 1.05 bits per heavy atom. The Morgan fingerprint density at radius 3 is 2.38 bits per heavy atom. The molecule has 2 aromatic rings. The van der Waals surface area contributed by atoms with Crippen LogP contribution in [-0.4, -0.2) is 24.2 Å². The molecule has 2 aromatic carbocycles. The van der Waals surface area contributed by atoms with E-state index in [0.717, 1.165) is 0 Å². The van der Waals surface area contributed by atoms with Crippen molar-refractivity contribution >= 4 is 35.1 Å². The van der Waals surface area contributed by atoms with Crippen molar-refractivity contribution in [1.29, 1.82) is 0 Å². The number of carbonyl (C=O) groups is 2. The highest BCUT2D eigenvalue weighted by atomic mass is 35.5. The van der Waals surface area contributed by atoms with Crippen molar-refractivity contribution < 1.29 is 19.4 Å². The van der Waals surface area contributed by atoms with Gasteiger partial charge in [0, 0.05) is 5.02 Å². The van der Waals surface area contributed by atoms with Gasteiger partial charge in [0.15, 0.2) is 0 Å². The van der Waals surface area contributed by atoms with Crippen LogP contribution in [0.1, 0.15) is 20.7 Å². The second-order valence-corrected chi connectivity index (χ2v) is 5.02. The van der Waals surface area contributed by atoms with Crippen molar-refractivity contribution in [1.82, 2.24) is 0 Å². The number of carboxylic acids is 1. The van der Waals surface area contributed by atoms with E-state index in [1.807, 2.05) is 0 Å². The molecule has 4 nitrogen and oxygen atoms in total. The molecule has 0 aromatic heterocycles. The summed E-state index contributed by atoms with van der Waals surface area (Å²) in [6.07, 6.45) is 0. The smallest absolute Gasteiger partial charge is 0.339 e. The summed E-state index contributed by atoms with van der Waals surface area (Å²) in [7, 11) is 1.24. The molecule has 0 spiro atoms. The molecule has 0 aliphatic heterocycles. The van der Waals surface area contributed by atoms with E-state index < -0.39 is 11.9 Å². The average Bonchev–Trinajstić information content (AvgIpc) is 2.46. The molecule has 0 amide bonds. The fourth-order valence-electron chi connectivity index (χ4n) is 1.90. The number of carbonyl (C=O) groups excluding carboxylic acids is 1. The quantitative estimate of drug-likeness (QED) is 0.861. The Morgan fingerprint density at radius 2 is 1.76 bits per heavy atom. The number of carboxylic acid groups (broad SMARTS) is 1. The molecular formula is C15H10Cl2O4. The minimum absolute atomic E-state index is 0.0811. The van der Waals surface area contributed by atoms with Crippen LogP contribution in [0.25, 0.3) is 11.1 Å². The lowest BCUT2D eigenvalue weighted by Gasteiger charge is -2.09. The minimum Gasteiger partial charge on any atom is -0.478 e. The van der Waals surface area contributed by atoms with Crippen LogP contribution < -0.4 is 0 Å². The largest absolute Gasteiger partial charge is 0.478 e. The molecule has 0 heterocycles. The second kappa shape index (κ2) is 6.16. The third kappa shape index (κ3) is 3.17. The number of halogens is 2. The summed E-state index contributed by atoms with van der Waals surface area (Å²) in [5.74, 6) is -1.68. The van der Waals surface area contributed by atoms with Crippen molar-refractivity contribution in [3.63, 3.8) is 0 Å². The van der Waals surface area contributed by atoms with Crippen LogP contribution in [0, 0.1) is 0 Å². The van der Waals surface area contributed by atoms with Gasteiger partial charge in [-0.3, -0.25) is 0 Å². The number of ether oxygens (including phenoxy) is 1. The van der Waals surface area contributed by atoms with Crippen LogP contribution in [0.15, 0.2) is 36.4 Å². The summed E-state index contributed by atoms with van der Waals surface area (Å²) in [6, 6.07) is 9.03. The van der Waals surface area contributed by atoms with Crippen molar-refractivity contribution in [3.8, 4) is 11.1 Å². The fourth-order valence-corrected chi connectivity index (χ4v) is 2.27. The first kappa shape index (κ1) is 15.4. The molecule has 0 atom stereocenters. The van der Waals surface area contributed by atoms with Crippen LogP contribution in [0.4, 0.5) is 0 Å². The maximum Gasteiger partial charge on any atom is 0.339 e. The van der Waals surface area contributed by atoms with E-state index in [1.54, 1.807) is 6.07 Å². The molecule has 0 fully saturated rings. The van der Waals surface area contributed by atoms with Crippen LogP contribution in [0.3, 0.4) is 0 Å². The predicted molar refractivity (Wildman–Crippen MR) is 80.2 cm³/mol. The van der Waals surface area contributed by atoms with Gasteiger partial charge in [0.2, 0.25) is 0 Å². The molecule has 2 rings (SSSR count). The molecule has 0 saturated heterocycles. The lowest BCUT2D eigenvalue weighted by atomic mass is 9.98. The molecule has 0 saturated carbocycles. The second-order valence-electron chi connectivity index (χ2n) is 4.18. The van der Waals surface area contributed by atoms with Gasteiger partial charge in [0.1, 0.15) is 0 Å². The summed E-state index contributed by atoms with van der Waals surface area (Å²) in [5, 5.41) is 9.86. The number of methoxy groups -OCH3 is 1. The Balaban J connectivity index is 2.65. The summed E-state index contributed by atoms with van der Waals surface area (Å²) >= 11 is 11.9. The van der Waals surface area contributed by atoms with Gasteiger partial charge in [-0.15, -0.1) is 0 Å². The lowest BCUT2D eigenvalue weighted by Crippen LogP contribution is -2.03. The zero-order chi connectivity index (χ0) is 15.6. The normalized spacial score (nSPS) is 10.2. The molecule has 6 heteroatoms. The van der Waals surface area contributed by atoms with Crippen LogP contribution in [-0.2, 0) is 4.74 Å². The van der Waals surface area contributed by atoms with Crippen LogP contribution >= 0.6 is 23.2 Å². The molecule has 1 N–H and O–H groups in total. The van der Waals surface area contributed by atoms with Gasteiger partial charge >= 0.3 is 11.9 Å². The summed E-state index contributed by atoms with van der Waals surface area (Å²) < 4.78 is 4.64. The molecular weight excluding hydrogens is 315 g/mol. The molecule has 0 bridgehead atoms. The zero-order valence-corrected chi connectivity index (χ0v) is 12.4. The maximum absolute atomic E-state index is 11.7. The van der Waals surface area contributed by atoms with Gasteiger partial charge < -0.3 is 9.84 Å². The average molecular weight is 325 g/mol. The third-order valence-electron chi connectivity index (χ3n) is 2.89. The highest BCUT2D eigenvalue weighted by Crippen LogP contribution is 2.30. The SMILES string of the molecule is COC(=O)c1cc(-c2cc(Cl)ccc2C(=O)O)ccc1Cl. The van der Waals surface area contributed by atoms with E-state index in [2.05, 4.69) is 4.74 Å². The summed E-state index contributed by atoms with van der Waals surface area (Å²) in [4.78, 5) is 22.9. The van der Waals surface area contributed by atoms with E-state index in [0.29, 0.717) is 16.1 Å². The molecule has 21 heavy (non-hydrogen) atoms. The maximum atomic E-state index is 11.7. The van der Waals surface area contributed by atoms with E-state index >= 15 is 0 Å². The van der Waals surface area contributed by atoms with Crippen molar-refractivity contribution in [2.45, 2.75) is 0 Å². The van der Waals surface area contributed by atoms with Crippen molar-refractivity contribution in [3.05, 3.63) is 57.6 Å². The van der Waals surface area contributed by atoms with Gasteiger partial charge in [0.05, 0.1) is 23.3 Å². The highest BCUT2D eigenvalue weighted by Gasteiger charge is 2.16. The Labute approximate surface area is 130 Å². The third-order valence-corrected chi connectivity index (χ3v) is 3.46. The number of hydrogen-bond acceptors (Lipinski definition) is 3. The van der Waals surface area contributed by atoms with E-state index in [9.17, 15) is 14.7 Å². The van der Waals surface area contributed by atoms with Gasteiger partial charge in [-0.05, 0) is 41.5 Å². The summed E-state index contributed by atoms with van der Waals surface area (Å²) in [5.41, 5.74) is 1.15. The summed E-state index contributed by atoms with van der Waals surface area (Å²) in [6.45, 7) is 0. The molecule has 0 unspecified atom stereocenters. The molecule has 0 aliphatic rings.